The van der Waals surface area contributed by atoms with Crippen LogP contribution in [0.3, 0.4) is 0 Å². The van der Waals surface area contributed by atoms with Crippen LogP contribution in [-0.2, 0) is 0 Å². The third-order valence-electron chi connectivity index (χ3n) is 4.65. The predicted molar refractivity (Wildman–Crippen MR) is 92.2 cm³/mol. The lowest BCUT2D eigenvalue weighted by Crippen LogP contribution is -2.40. The molecular formula is C19H20N4O. The van der Waals surface area contributed by atoms with Crippen LogP contribution in [0.4, 0.5) is 0 Å². The summed E-state index contributed by atoms with van der Waals surface area (Å²) in [7, 11) is 0. The number of aromatic nitrogens is 3. The average molecular weight is 320 g/mol. The highest BCUT2D eigenvalue weighted by Crippen LogP contribution is 2.23. The van der Waals surface area contributed by atoms with Crippen LogP contribution in [0, 0.1) is 0 Å². The lowest BCUT2D eigenvalue weighted by atomic mass is 10.0. The van der Waals surface area contributed by atoms with Crippen LogP contribution >= 0.6 is 0 Å². The van der Waals surface area contributed by atoms with Crippen LogP contribution in [-0.4, -0.2) is 38.0 Å². The number of benzene rings is 1. The van der Waals surface area contributed by atoms with E-state index in [4.69, 9.17) is 0 Å². The number of piperidine rings is 1. The van der Waals surface area contributed by atoms with Crippen molar-refractivity contribution in [2.45, 2.75) is 18.9 Å². The zero-order valence-corrected chi connectivity index (χ0v) is 13.5. The highest BCUT2D eigenvalue weighted by molar-refractivity contribution is 5.94. The Morgan fingerprint density at radius 2 is 1.88 bits per heavy atom. The minimum absolute atomic E-state index is 0.110. The molecule has 3 heterocycles. The second-order valence-electron chi connectivity index (χ2n) is 6.19. The van der Waals surface area contributed by atoms with E-state index >= 15 is 0 Å². The van der Waals surface area contributed by atoms with Gasteiger partial charge in [0.25, 0.3) is 5.91 Å². The van der Waals surface area contributed by atoms with Gasteiger partial charge in [-0.25, -0.2) is 4.98 Å². The molecule has 122 valence electrons. The van der Waals surface area contributed by atoms with Crippen LogP contribution in [0.15, 0.2) is 67.5 Å². The zero-order chi connectivity index (χ0) is 16.4. The van der Waals surface area contributed by atoms with Crippen molar-refractivity contribution in [3.63, 3.8) is 0 Å². The summed E-state index contributed by atoms with van der Waals surface area (Å²) in [5.41, 5.74) is 1.81. The number of hydrogen-bond acceptors (Lipinski definition) is 2. The number of nitrogens with zero attached hydrogens (tertiary/aromatic N) is 4. The minimum atomic E-state index is 0.110. The Morgan fingerprint density at radius 3 is 2.58 bits per heavy atom. The van der Waals surface area contributed by atoms with Crippen molar-refractivity contribution in [1.29, 1.82) is 0 Å². The van der Waals surface area contributed by atoms with E-state index in [0.717, 1.165) is 37.2 Å². The fourth-order valence-electron chi connectivity index (χ4n) is 3.33. The lowest BCUT2D eigenvalue weighted by molar-refractivity contribution is 0.0679. The fraction of sp³-hybridized carbons (Fsp3) is 0.263. The van der Waals surface area contributed by atoms with Crippen molar-refractivity contribution in [3.8, 4) is 5.69 Å². The highest BCUT2D eigenvalue weighted by atomic mass is 16.2. The summed E-state index contributed by atoms with van der Waals surface area (Å²) in [5, 5.41) is 0. The molecule has 0 bridgehead atoms. The Labute approximate surface area is 141 Å². The quantitative estimate of drug-likeness (QED) is 0.744. The van der Waals surface area contributed by atoms with Gasteiger partial charge in [0.15, 0.2) is 0 Å². The van der Waals surface area contributed by atoms with E-state index < -0.39 is 0 Å². The minimum Gasteiger partial charge on any atom is -0.337 e. The zero-order valence-electron chi connectivity index (χ0n) is 13.5. The summed E-state index contributed by atoms with van der Waals surface area (Å²) in [5.74, 6) is 0.110. The van der Waals surface area contributed by atoms with E-state index in [-0.39, 0.29) is 5.91 Å². The van der Waals surface area contributed by atoms with Crippen molar-refractivity contribution in [1.82, 2.24) is 19.0 Å². The van der Waals surface area contributed by atoms with E-state index in [0.29, 0.717) is 6.04 Å². The number of rotatable bonds is 3. The summed E-state index contributed by atoms with van der Waals surface area (Å²) >= 11 is 0. The van der Waals surface area contributed by atoms with E-state index in [1.807, 2.05) is 70.8 Å². The van der Waals surface area contributed by atoms with Gasteiger partial charge in [0.1, 0.15) is 0 Å². The number of carbonyl (C=O) groups excluding carboxylic acids is 1. The molecule has 0 saturated carbocycles. The van der Waals surface area contributed by atoms with E-state index in [1.165, 1.54) is 0 Å². The largest absolute Gasteiger partial charge is 0.337 e. The van der Waals surface area contributed by atoms with Gasteiger partial charge >= 0.3 is 0 Å². The normalized spacial score (nSPS) is 17.8. The third-order valence-corrected chi connectivity index (χ3v) is 4.65. The molecule has 24 heavy (non-hydrogen) atoms. The second kappa shape index (κ2) is 6.35. The third kappa shape index (κ3) is 2.85. The first kappa shape index (κ1) is 14.8. The van der Waals surface area contributed by atoms with Gasteiger partial charge in [0.2, 0.25) is 0 Å². The first-order chi connectivity index (χ1) is 11.8. The number of likely N-dealkylation sites (tertiary alicyclic amines) is 1. The standard InChI is InChI=1S/C19H20N4O/c24-19(16-5-7-17(8-6-16)21-10-1-2-11-21)22-12-3-4-18(14-22)23-13-9-20-15-23/h1-2,5-11,13,15,18H,3-4,12,14H2/t18-/m1/s1. The molecule has 0 spiro atoms. The Kier molecular flexibility index (Phi) is 3.91. The molecule has 1 aliphatic heterocycles. The molecule has 0 radical (unpaired) electrons. The summed E-state index contributed by atoms with van der Waals surface area (Å²) in [6.45, 7) is 1.57. The first-order valence-electron chi connectivity index (χ1n) is 8.31. The molecule has 1 amide bonds. The summed E-state index contributed by atoms with van der Waals surface area (Å²) in [6, 6.07) is 12.1. The Balaban J connectivity index is 1.49. The maximum absolute atomic E-state index is 12.8. The van der Waals surface area contributed by atoms with Gasteiger partial charge in [-0.1, -0.05) is 0 Å². The number of hydrogen-bond donors (Lipinski definition) is 0. The molecule has 5 heteroatoms. The molecule has 0 aliphatic carbocycles. The van der Waals surface area contributed by atoms with Gasteiger partial charge in [-0.2, -0.15) is 0 Å². The van der Waals surface area contributed by atoms with Crippen LogP contribution in [0.1, 0.15) is 29.2 Å². The molecule has 2 aromatic heterocycles. The topological polar surface area (TPSA) is 43.1 Å². The van der Waals surface area contributed by atoms with Crippen LogP contribution in [0.25, 0.3) is 5.69 Å². The molecule has 0 unspecified atom stereocenters. The van der Waals surface area contributed by atoms with Crippen LogP contribution in [0.5, 0.6) is 0 Å². The molecule has 1 aliphatic rings. The van der Waals surface area contributed by atoms with Gasteiger partial charge < -0.3 is 14.0 Å². The van der Waals surface area contributed by atoms with Crippen molar-refractivity contribution < 1.29 is 4.79 Å². The van der Waals surface area contributed by atoms with Gasteiger partial charge in [0, 0.05) is 49.1 Å². The van der Waals surface area contributed by atoms with Gasteiger partial charge in [-0.15, -0.1) is 0 Å². The molecule has 0 N–H and O–H groups in total. The van der Waals surface area contributed by atoms with Crippen molar-refractivity contribution in [3.05, 3.63) is 73.1 Å². The number of carbonyl (C=O) groups is 1. The summed E-state index contributed by atoms with van der Waals surface area (Å²) in [4.78, 5) is 18.9. The monoisotopic (exact) mass is 320 g/mol. The molecule has 1 saturated heterocycles. The first-order valence-corrected chi connectivity index (χ1v) is 8.31. The van der Waals surface area contributed by atoms with E-state index in [1.54, 1.807) is 6.20 Å². The molecule has 1 atom stereocenters. The summed E-state index contributed by atoms with van der Waals surface area (Å²) in [6.07, 6.45) is 11.7. The van der Waals surface area contributed by atoms with Crippen molar-refractivity contribution in [2.75, 3.05) is 13.1 Å². The van der Waals surface area contributed by atoms with Gasteiger partial charge in [0.05, 0.1) is 12.4 Å². The molecule has 5 nitrogen and oxygen atoms in total. The number of amides is 1. The molecule has 1 fully saturated rings. The molecule has 4 rings (SSSR count). The maximum atomic E-state index is 12.8. The van der Waals surface area contributed by atoms with Crippen molar-refractivity contribution in [2.24, 2.45) is 0 Å². The van der Waals surface area contributed by atoms with E-state index in [9.17, 15) is 4.79 Å². The highest BCUT2D eigenvalue weighted by Gasteiger charge is 2.25. The van der Waals surface area contributed by atoms with Crippen molar-refractivity contribution >= 4 is 5.91 Å². The average Bonchev–Trinajstić information content (AvgIpc) is 3.35. The Bertz CT molecular complexity index is 791. The maximum Gasteiger partial charge on any atom is 0.253 e. The van der Waals surface area contributed by atoms with Crippen LogP contribution < -0.4 is 0 Å². The fourth-order valence-corrected chi connectivity index (χ4v) is 3.33. The van der Waals surface area contributed by atoms with Crippen LogP contribution in [0.2, 0.25) is 0 Å². The smallest absolute Gasteiger partial charge is 0.253 e. The van der Waals surface area contributed by atoms with E-state index in [2.05, 4.69) is 9.55 Å². The van der Waals surface area contributed by atoms with Gasteiger partial charge in [-0.05, 0) is 49.2 Å². The Morgan fingerprint density at radius 1 is 1.08 bits per heavy atom. The molecular weight excluding hydrogens is 300 g/mol. The molecule has 3 aromatic rings. The Hall–Kier alpha value is -2.82. The lowest BCUT2D eigenvalue weighted by Gasteiger charge is -2.33. The summed E-state index contributed by atoms with van der Waals surface area (Å²) < 4.78 is 4.14. The second-order valence-corrected chi connectivity index (χ2v) is 6.19. The molecule has 1 aromatic carbocycles. The number of imidazole rings is 1. The van der Waals surface area contributed by atoms with Gasteiger partial charge in [-0.3, -0.25) is 4.79 Å². The predicted octanol–water partition coefficient (Wildman–Crippen LogP) is 3.15. The SMILES string of the molecule is O=C(c1ccc(-n2cccc2)cc1)N1CCC[C@@H](n2ccnc2)C1.